The number of nitrogens with one attached hydrogen (secondary N) is 2. The molecule has 0 spiro atoms. The molecule has 0 radical (unpaired) electrons. The molecule has 7 heteroatoms. The Bertz CT molecular complexity index is 1130. The van der Waals surface area contributed by atoms with Crippen LogP contribution in [0.3, 0.4) is 0 Å². The lowest BCUT2D eigenvalue weighted by Gasteiger charge is -2.35. The van der Waals surface area contributed by atoms with Gasteiger partial charge in [-0.1, -0.05) is 13.8 Å². The summed E-state index contributed by atoms with van der Waals surface area (Å²) in [7, 11) is 0. The second kappa shape index (κ2) is 9.59. The van der Waals surface area contributed by atoms with Gasteiger partial charge in [-0.25, -0.2) is 13.2 Å². The Hall–Kier alpha value is -2.80. The van der Waals surface area contributed by atoms with Crippen LogP contribution in [0.2, 0.25) is 0 Å². The first-order chi connectivity index (χ1) is 15.7. The minimum Gasteiger partial charge on any atom is -0.394 e. The number of aliphatic hydroxyl groups is 1. The van der Waals surface area contributed by atoms with Crippen molar-refractivity contribution in [3.8, 4) is 11.3 Å². The van der Waals surface area contributed by atoms with E-state index in [9.17, 15) is 23.1 Å². The van der Waals surface area contributed by atoms with Crippen LogP contribution in [0.5, 0.6) is 0 Å². The molecular weight excluding hydrogens is 429 g/mol. The fourth-order valence-electron chi connectivity index (χ4n) is 4.82. The minimum absolute atomic E-state index is 0.0549. The van der Waals surface area contributed by atoms with Crippen molar-refractivity contribution in [2.75, 3.05) is 6.61 Å². The molecule has 1 atom stereocenters. The highest BCUT2D eigenvalue weighted by Crippen LogP contribution is 2.41. The van der Waals surface area contributed by atoms with E-state index in [1.807, 2.05) is 13.8 Å². The first-order valence-corrected chi connectivity index (χ1v) is 11.4. The molecule has 1 saturated carbocycles. The average Bonchev–Trinajstić information content (AvgIpc) is 3.08. The van der Waals surface area contributed by atoms with Crippen LogP contribution >= 0.6 is 0 Å². The molecule has 1 aliphatic carbocycles. The quantitative estimate of drug-likeness (QED) is 0.426. The first-order valence-electron chi connectivity index (χ1n) is 11.4. The Labute approximate surface area is 191 Å². The molecule has 1 amide bonds. The second-order valence-corrected chi connectivity index (χ2v) is 9.55. The fourth-order valence-corrected chi connectivity index (χ4v) is 4.82. The van der Waals surface area contributed by atoms with Crippen molar-refractivity contribution in [1.29, 1.82) is 0 Å². The molecule has 3 N–H and O–H groups in total. The Balaban J connectivity index is 1.53. The van der Waals surface area contributed by atoms with Gasteiger partial charge >= 0.3 is 0 Å². The first kappa shape index (κ1) is 23.4. The molecule has 4 rings (SSSR count). The van der Waals surface area contributed by atoms with Crippen molar-refractivity contribution < 1.29 is 23.1 Å². The van der Waals surface area contributed by atoms with Gasteiger partial charge in [-0.05, 0) is 79.0 Å². The van der Waals surface area contributed by atoms with Crippen molar-refractivity contribution in [3.05, 3.63) is 59.4 Å². The number of amides is 1. The summed E-state index contributed by atoms with van der Waals surface area (Å²) in [6.07, 6.45) is 2.60. The number of carbonyl (C=O) groups is 1. The Morgan fingerprint density at radius 1 is 1.12 bits per heavy atom. The molecule has 1 fully saturated rings. The number of aromatic nitrogens is 1. The highest BCUT2D eigenvalue weighted by molar-refractivity contribution is 5.91. The molecule has 1 aliphatic rings. The Morgan fingerprint density at radius 2 is 1.82 bits per heavy atom. The van der Waals surface area contributed by atoms with Crippen molar-refractivity contribution in [2.24, 2.45) is 17.8 Å². The monoisotopic (exact) mass is 458 g/mol. The SMILES string of the molecule is CC(C)C[C@@H](CO)NC(=O)C1CC(Cc2c(-c3ccc(F)cc3)[nH]c3c(F)cc(F)cc23)C1. The minimum atomic E-state index is -0.675. The van der Waals surface area contributed by atoms with Gasteiger partial charge in [-0.15, -0.1) is 0 Å². The van der Waals surface area contributed by atoms with E-state index in [0.29, 0.717) is 48.2 Å². The zero-order valence-electron chi connectivity index (χ0n) is 18.8. The maximum atomic E-state index is 14.5. The summed E-state index contributed by atoms with van der Waals surface area (Å²) < 4.78 is 41.9. The Kier molecular flexibility index (Phi) is 6.79. The van der Waals surface area contributed by atoms with E-state index in [1.54, 1.807) is 12.1 Å². The van der Waals surface area contributed by atoms with Gasteiger partial charge in [0.1, 0.15) is 17.5 Å². The predicted octanol–water partition coefficient (Wildman–Crippen LogP) is 5.34. The van der Waals surface area contributed by atoms with Crippen molar-refractivity contribution in [1.82, 2.24) is 10.3 Å². The molecule has 176 valence electrons. The van der Waals surface area contributed by atoms with Gasteiger partial charge in [0.2, 0.25) is 5.91 Å². The van der Waals surface area contributed by atoms with Crippen molar-refractivity contribution in [3.63, 3.8) is 0 Å². The van der Waals surface area contributed by atoms with Crippen LogP contribution in [-0.2, 0) is 11.2 Å². The van der Waals surface area contributed by atoms with Gasteiger partial charge in [0.25, 0.3) is 0 Å². The van der Waals surface area contributed by atoms with E-state index in [4.69, 9.17) is 0 Å². The molecule has 0 saturated heterocycles. The number of aliphatic hydroxyl groups excluding tert-OH is 1. The summed E-state index contributed by atoms with van der Waals surface area (Å²) >= 11 is 0. The van der Waals surface area contributed by atoms with Gasteiger partial charge in [0.15, 0.2) is 0 Å². The van der Waals surface area contributed by atoms with Crippen LogP contribution in [0, 0.1) is 35.2 Å². The van der Waals surface area contributed by atoms with Crippen LogP contribution in [0.4, 0.5) is 13.2 Å². The normalized spacial score (nSPS) is 19.0. The lowest BCUT2D eigenvalue weighted by atomic mass is 9.71. The molecular formula is C26H29F3N2O2. The maximum Gasteiger partial charge on any atom is 0.223 e. The van der Waals surface area contributed by atoms with Crippen LogP contribution in [0.25, 0.3) is 22.2 Å². The molecule has 0 aliphatic heterocycles. The second-order valence-electron chi connectivity index (χ2n) is 9.55. The van der Waals surface area contributed by atoms with E-state index in [1.165, 1.54) is 18.2 Å². The zero-order chi connectivity index (χ0) is 23.7. The van der Waals surface area contributed by atoms with Crippen LogP contribution in [-0.4, -0.2) is 28.6 Å². The summed E-state index contributed by atoms with van der Waals surface area (Å²) in [5.74, 6) is -1.35. The van der Waals surface area contributed by atoms with E-state index >= 15 is 0 Å². The summed E-state index contributed by atoms with van der Waals surface area (Å²) in [6, 6.07) is 7.80. The number of hydrogen-bond donors (Lipinski definition) is 3. The molecule has 0 bridgehead atoms. The summed E-state index contributed by atoms with van der Waals surface area (Å²) in [5, 5.41) is 12.9. The summed E-state index contributed by atoms with van der Waals surface area (Å²) in [6.45, 7) is 3.99. The van der Waals surface area contributed by atoms with Crippen LogP contribution in [0.15, 0.2) is 36.4 Å². The standard InChI is InChI=1S/C26H29F3N2O2/c1-14(2)7-20(13-32)30-26(33)17-8-15(9-17)10-21-22-11-19(28)12-23(29)25(22)31-24(21)16-3-5-18(27)6-4-16/h3-6,11-12,14-15,17,20,31-32H,7-10,13H2,1-2H3,(H,30,33)/t15?,17?,20-/m0/s1. The Morgan fingerprint density at radius 3 is 2.45 bits per heavy atom. The molecule has 3 aromatic rings. The molecule has 1 heterocycles. The third-order valence-corrected chi connectivity index (χ3v) is 6.49. The number of fused-ring (bicyclic) bond motifs is 1. The lowest BCUT2D eigenvalue weighted by Crippen LogP contribution is -2.45. The highest BCUT2D eigenvalue weighted by atomic mass is 19.1. The highest BCUT2D eigenvalue weighted by Gasteiger charge is 2.36. The van der Waals surface area contributed by atoms with Gasteiger partial charge in [-0.2, -0.15) is 0 Å². The third kappa shape index (κ3) is 5.08. The molecule has 33 heavy (non-hydrogen) atoms. The van der Waals surface area contributed by atoms with E-state index in [2.05, 4.69) is 10.3 Å². The molecule has 2 aromatic carbocycles. The third-order valence-electron chi connectivity index (χ3n) is 6.49. The van der Waals surface area contributed by atoms with E-state index in [0.717, 1.165) is 11.6 Å². The number of aromatic amines is 1. The van der Waals surface area contributed by atoms with E-state index in [-0.39, 0.29) is 41.7 Å². The van der Waals surface area contributed by atoms with Gasteiger partial charge in [0.05, 0.1) is 18.2 Å². The number of halogens is 3. The summed E-state index contributed by atoms with van der Waals surface area (Å²) in [5.41, 5.74) is 2.32. The van der Waals surface area contributed by atoms with Crippen LogP contribution in [0.1, 0.15) is 38.7 Å². The summed E-state index contributed by atoms with van der Waals surface area (Å²) in [4.78, 5) is 15.6. The number of carbonyl (C=O) groups excluding carboxylic acids is 1. The van der Waals surface area contributed by atoms with E-state index < -0.39 is 11.6 Å². The van der Waals surface area contributed by atoms with Crippen molar-refractivity contribution in [2.45, 2.75) is 45.6 Å². The number of H-pyrrole nitrogens is 1. The fraction of sp³-hybridized carbons (Fsp3) is 0.423. The number of benzene rings is 2. The smallest absolute Gasteiger partial charge is 0.223 e. The lowest BCUT2D eigenvalue weighted by molar-refractivity contribution is -0.130. The zero-order valence-corrected chi connectivity index (χ0v) is 18.8. The van der Waals surface area contributed by atoms with Crippen molar-refractivity contribution >= 4 is 16.8 Å². The molecule has 0 unspecified atom stereocenters. The van der Waals surface area contributed by atoms with Gasteiger partial charge in [-0.3, -0.25) is 4.79 Å². The van der Waals surface area contributed by atoms with Gasteiger partial charge < -0.3 is 15.4 Å². The molecule has 1 aromatic heterocycles. The largest absolute Gasteiger partial charge is 0.394 e. The average molecular weight is 459 g/mol. The molecule has 4 nitrogen and oxygen atoms in total. The maximum absolute atomic E-state index is 14.5. The topological polar surface area (TPSA) is 65.1 Å². The predicted molar refractivity (Wildman–Crippen MR) is 122 cm³/mol. The van der Waals surface area contributed by atoms with Crippen LogP contribution < -0.4 is 5.32 Å². The van der Waals surface area contributed by atoms with Gasteiger partial charge in [0, 0.05) is 23.1 Å². The number of hydrogen-bond acceptors (Lipinski definition) is 2. The number of rotatable bonds is 8.